The van der Waals surface area contributed by atoms with Crippen molar-refractivity contribution >= 4 is 23.5 Å². The van der Waals surface area contributed by atoms with Gasteiger partial charge in [0.15, 0.2) is 5.78 Å². The summed E-state index contributed by atoms with van der Waals surface area (Å²) in [6.45, 7) is 0. The third-order valence-corrected chi connectivity index (χ3v) is 3.58. The molecule has 0 amide bonds. The first-order chi connectivity index (χ1) is 9.54. The molecule has 100 valence electrons. The second-order valence-corrected chi connectivity index (χ2v) is 5.10. The lowest BCUT2D eigenvalue weighted by Crippen LogP contribution is -1.95. The van der Waals surface area contributed by atoms with Crippen LogP contribution >= 0.6 is 11.6 Å². The number of hydrogen-bond acceptors (Lipinski definition) is 2. The Balaban J connectivity index is 1.99. The summed E-state index contributed by atoms with van der Waals surface area (Å²) in [6, 6.07) is 9.03. The highest BCUT2D eigenvalue weighted by molar-refractivity contribution is 6.30. The average molecular weight is 289 g/mol. The standard InChI is InChI=1S/C16H10ClFO2/c17-14-6-9(1-4-15(14)18)5-11-7-10-8-12(19)2-3-13(10)16(11)20/h1-6,8,19H,7H2/b11-5+. The largest absolute Gasteiger partial charge is 0.508 e. The smallest absolute Gasteiger partial charge is 0.189 e. The molecule has 0 aromatic heterocycles. The van der Waals surface area contributed by atoms with Gasteiger partial charge < -0.3 is 5.11 Å². The summed E-state index contributed by atoms with van der Waals surface area (Å²) >= 11 is 5.72. The van der Waals surface area contributed by atoms with Gasteiger partial charge in [-0.25, -0.2) is 4.39 Å². The van der Waals surface area contributed by atoms with Crippen LogP contribution in [0.25, 0.3) is 6.08 Å². The lowest BCUT2D eigenvalue weighted by Gasteiger charge is -1.99. The Morgan fingerprint density at radius 1 is 1.20 bits per heavy atom. The fourth-order valence-electron chi connectivity index (χ4n) is 2.33. The Labute approximate surface area is 120 Å². The maximum absolute atomic E-state index is 13.1. The zero-order valence-electron chi connectivity index (χ0n) is 10.4. The number of carbonyl (C=O) groups is 1. The number of hydrogen-bond donors (Lipinski definition) is 1. The van der Waals surface area contributed by atoms with Gasteiger partial charge in [-0.3, -0.25) is 4.79 Å². The lowest BCUT2D eigenvalue weighted by molar-refractivity contribution is 0.104. The Morgan fingerprint density at radius 2 is 2.00 bits per heavy atom. The van der Waals surface area contributed by atoms with Crippen LogP contribution in [0.5, 0.6) is 5.75 Å². The molecule has 1 aliphatic carbocycles. The van der Waals surface area contributed by atoms with Gasteiger partial charge in [0.05, 0.1) is 5.02 Å². The monoisotopic (exact) mass is 288 g/mol. The number of benzene rings is 2. The van der Waals surface area contributed by atoms with E-state index in [1.165, 1.54) is 18.2 Å². The van der Waals surface area contributed by atoms with Gasteiger partial charge in [-0.1, -0.05) is 17.7 Å². The van der Waals surface area contributed by atoms with Crippen molar-refractivity contribution < 1.29 is 14.3 Å². The van der Waals surface area contributed by atoms with Crippen LogP contribution in [0.1, 0.15) is 21.5 Å². The number of rotatable bonds is 1. The van der Waals surface area contributed by atoms with Crippen molar-refractivity contribution in [2.24, 2.45) is 0 Å². The number of allylic oxidation sites excluding steroid dienone is 1. The summed E-state index contributed by atoms with van der Waals surface area (Å²) in [5.41, 5.74) is 2.68. The molecule has 0 unspecified atom stereocenters. The summed E-state index contributed by atoms with van der Waals surface area (Å²) < 4.78 is 13.1. The number of fused-ring (bicyclic) bond motifs is 1. The second-order valence-electron chi connectivity index (χ2n) is 4.69. The molecule has 0 heterocycles. The summed E-state index contributed by atoms with van der Waals surface area (Å²) in [5, 5.41) is 9.46. The average Bonchev–Trinajstić information content (AvgIpc) is 2.70. The fourth-order valence-corrected chi connectivity index (χ4v) is 2.52. The third kappa shape index (κ3) is 2.21. The Kier molecular flexibility index (Phi) is 3.07. The molecule has 2 aromatic rings. The van der Waals surface area contributed by atoms with Crippen molar-refractivity contribution in [2.45, 2.75) is 6.42 Å². The summed E-state index contributed by atoms with van der Waals surface area (Å²) in [6.07, 6.45) is 2.16. The molecule has 0 spiro atoms. The quantitative estimate of drug-likeness (QED) is 0.805. The minimum absolute atomic E-state index is 0.0277. The number of phenols is 1. The van der Waals surface area contributed by atoms with Crippen LogP contribution in [0, 0.1) is 5.82 Å². The number of phenolic OH excluding ortho intramolecular Hbond substituents is 1. The van der Waals surface area contributed by atoms with Crippen molar-refractivity contribution in [2.75, 3.05) is 0 Å². The maximum atomic E-state index is 13.1. The van der Waals surface area contributed by atoms with Gasteiger partial charge in [0, 0.05) is 17.6 Å². The fraction of sp³-hybridized carbons (Fsp3) is 0.0625. The van der Waals surface area contributed by atoms with Gasteiger partial charge in [-0.2, -0.15) is 0 Å². The van der Waals surface area contributed by atoms with E-state index >= 15 is 0 Å². The first kappa shape index (κ1) is 12.9. The van der Waals surface area contributed by atoms with Gasteiger partial charge in [0.25, 0.3) is 0 Å². The Morgan fingerprint density at radius 3 is 2.75 bits per heavy atom. The summed E-state index contributed by atoms with van der Waals surface area (Å²) in [7, 11) is 0. The number of ketones is 1. The van der Waals surface area contributed by atoms with E-state index in [0.29, 0.717) is 23.1 Å². The van der Waals surface area contributed by atoms with E-state index in [1.54, 1.807) is 24.3 Å². The number of aromatic hydroxyl groups is 1. The minimum Gasteiger partial charge on any atom is -0.508 e. The molecule has 0 atom stereocenters. The van der Waals surface area contributed by atoms with Gasteiger partial charge in [0.1, 0.15) is 11.6 Å². The normalized spacial score (nSPS) is 15.7. The zero-order chi connectivity index (χ0) is 14.3. The van der Waals surface area contributed by atoms with Crippen molar-refractivity contribution in [3.05, 3.63) is 69.5 Å². The molecule has 2 aromatic carbocycles. The van der Waals surface area contributed by atoms with Crippen LogP contribution in [0.3, 0.4) is 0 Å². The molecule has 0 saturated heterocycles. The molecule has 3 rings (SSSR count). The molecule has 0 radical (unpaired) electrons. The van der Waals surface area contributed by atoms with E-state index in [4.69, 9.17) is 11.6 Å². The van der Waals surface area contributed by atoms with E-state index < -0.39 is 5.82 Å². The van der Waals surface area contributed by atoms with Crippen molar-refractivity contribution in [1.82, 2.24) is 0 Å². The van der Waals surface area contributed by atoms with E-state index in [9.17, 15) is 14.3 Å². The molecule has 1 aliphatic rings. The first-order valence-electron chi connectivity index (χ1n) is 6.07. The summed E-state index contributed by atoms with van der Waals surface area (Å²) in [5.74, 6) is -0.414. The lowest BCUT2D eigenvalue weighted by atomic mass is 10.1. The molecule has 20 heavy (non-hydrogen) atoms. The van der Waals surface area contributed by atoms with E-state index in [-0.39, 0.29) is 16.6 Å². The number of halogens is 2. The molecule has 0 saturated carbocycles. The Bertz CT molecular complexity index is 750. The zero-order valence-corrected chi connectivity index (χ0v) is 11.1. The Hall–Kier alpha value is -2.13. The number of carbonyl (C=O) groups excluding carboxylic acids is 1. The van der Waals surface area contributed by atoms with Crippen LogP contribution in [-0.4, -0.2) is 10.9 Å². The topological polar surface area (TPSA) is 37.3 Å². The third-order valence-electron chi connectivity index (χ3n) is 3.29. The van der Waals surface area contributed by atoms with E-state index in [1.807, 2.05) is 0 Å². The first-order valence-corrected chi connectivity index (χ1v) is 6.44. The van der Waals surface area contributed by atoms with Gasteiger partial charge in [-0.15, -0.1) is 0 Å². The van der Waals surface area contributed by atoms with Crippen LogP contribution < -0.4 is 0 Å². The second kappa shape index (κ2) is 4.76. The predicted octanol–water partition coefficient (Wildman–Crippen LogP) is 4.01. The SMILES string of the molecule is O=C1/C(=C/c2ccc(F)c(Cl)c2)Cc2cc(O)ccc21. The van der Waals surface area contributed by atoms with Gasteiger partial charge in [0.2, 0.25) is 0 Å². The van der Waals surface area contributed by atoms with Crippen LogP contribution in [0.2, 0.25) is 5.02 Å². The molecule has 2 nitrogen and oxygen atoms in total. The van der Waals surface area contributed by atoms with Gasteiger partial charge >= 0.3 is 0 Å². The molecule has 0 aliphatic heterocycles. The number of Topliss-reactive ketones (excluding diaryl/α,β-unsaturated/α-hetero) is 1. The highest BCUT2D eigenvalue weighted by Gasteiger charge is 2.24. The molecule has 0 bridgehead atoms. The molecular weight excluding hydrogens is 279 g/mol. The van der Waals surface area contributed by atoms with Crippen LogP contribution in [-0.2, 0) is 6.42 Å². The van der Waals surface area contributed by atoms with Crippen molar-refractivity contribution in [1.29, 1.82) is 0 Å². The van der Waals surface area contributed by atoms with E-state index in [2.05, 4.69) is 0 Å². The maximum Gasteiger partial charge on any atom is 0.189 e. The van der Waals surface area contributed by atoms with Crippen LogP contribution in [0.4, 0.5) is 4.39 Å². The van der Waals surface area contributed by atoms with Crippen LogP contribution in [0.15, 0.2) is 42.0 Å². The highest BCUT2D eigenvalue weighted by atomic mass is 35.5. The molecule has 0 fully saturated rings. The van der Waals surface area contributed by atoms with Crippen molar-refractivity contribution in [3.63, 3.8) is 0 Å². The van der Waals surface area contributed by atoms with E-state index in [0.717, 1.165) is 5.56 Å². The molecule has 1 N–H and O–H groups in total. The highest BCUT2D eigenvalue weighted by Crippen LogP contribution is 2.30. The predicted molar refractivity (Wildman–Crippen MR) is 75.5 cm³/mol. The molecular formula is C16H10ClFO2. The van der Waals surface area contributed by atoms with Crippen molar-refractivity contribution in [3.8, 4) is 5.75 Å². The summed E-state index contributed by atoms with van der Waals surface area (Å²) in [4.78, 5) is 12.2. The van der Waals surface area contributed by atoms with Gasteiger partial charge in [-0.05, 0) is 47.5 Å². The minimum atomic E-state index is -0.486. The molecule has 4 heteroatoms.